The molecule has 6 heteroatoms. The summed E-state index contributed by atoms with van der Waals surface area (Å²) in [4.78, 5) is 12.7. The Morgan fingerprint density at radius 2 is 1.78 bits per heavy atom. The predicted octanol–water partition coefficient (Wildman–Crippen LogP) is 4.26. The van der Waals surface area contributed by atoms with E-state index in [2.05, 4.69) is 5.32 Å². The zero-order valence-corrected chi connectivity index (χ0v) is 15.2. The Morgan fingerprint density at radius 1 is 1.07 bits per heavy atom. The van der Waals surface area contributed by atoms with Crippen molar-refractivity contribution in [3.05, 3.63) is 78.4 Å². The van der Waals surface area contributed by atoms with Gasteiger partial charge in [-0.15, -0.1) is 0 Å². The summed E-state index contributed by atoms with van der Waals surface area (Å²) in [5.74, 6) is 0.669. The smallest absolute Gasteiger partial charge is 0.226 e. The van der Waals surface area contributed by atoms with Crippen LogP contribution in [0.3, 0.4) is 0 Å². The van der Waals surface area contributed by atoms with Crippen molar-refractivity contribution in [2.75, 3.05) is 19.5 Å². The molecule has 0 aliphatic carbocycles. The maximum atomic E-state index is 13.3. The second-order valence-corrected chi connectivity index (χ2v) is 6.02. The number of amides is 1. The zero-order chi connectivity index (χ0) is 19.2. The first-order valence-electron chi connectivity index (χ1n) is 8.50. The molecule has 0 radical (unpaired) electrons. The summed E-state index contributed by atoms with van der Waals surface area (Å²) < 4.78 is 25.7. The van der Waals surface area contributed by atoms with Crippen molar-refractivity contribution in [2.45, 2.75) is 12.5 Å². The fourth-order valence-electron chi connectivity index (χ4n) is 2.91. The Morgan fingerprint density at radius 3 is 2.41 bits per heavy atom. The summed E-state index contributed by atoms with van der Waals surface area (Å²) in [6.45, 7) is 0. The first-order chi connectivity index (χ1) is 13.1. The molecule has 0 spiro atoms. The maximum Gasteiger partial charge on any atom is 0.226 e. The topological polar surface area (TPSA) is 52.5 Å². The number of methoxy groups -OCH3 is 2. The van der Waals surface area contributed by atoms with Gasteiger partial charge in [0.1, 0.15) is 17.3 Å². The van der Waals surface area contributed by atoms with E-state index >= 15 is 0 Å². The summed E-state index contributed by atoms with van der Waals surface area (Å²) in [5.41, 5.74) is 1.41. The van der Waals surface area contributed by atoms with Crippen molar-refractivity contribution >= 4 is 11.6 Å². The minimum atomic E-state index is -0.308. The molecule has 0 fully saturated rings. The molecule has 3 rings (SSSR count). The average molecular weight is 368 g/mol. The molecular weight excluding hydrogens is 347 g/mol. The molecule has 3 aromatic rings. The lowest BCUT2D eigenvalue weighted by Gasteiger charge is -2.20. The molecule has 5 nitrogen and oxygen atoms in total. The molecule has 0 saturated carbocycles. The summed E-state index contributed by atoms with van der Waals surface area (Å²) in [6.07, 6.45) is 3.96. The highest BCUT2D eigenvalue weighted by atomic mass is 19.1. The minimum Gasteiger partial charge on any atom is -0.497 e. The third-order valence-electron chi connectivity index (χ3n) is 4.30. The molecule has 1 atom stereocenters. The Bertz CT molecular complexity index is 892. The van der Waals surface area contributed by atoms with Gasteiger partial charge in [0.05, 0.1) is 32.4 Å². The molecule has 140 valence electrons. The number of hydrogen-bond acceptors (Lipinski definition) is 3. The zero-order valence-electron chi connectivity index (χ0n) is 15.2. The lowest BCUT2D eigenvalue weighted by molar-refractivity contribution is -0.116. The Kier molecular flexibility index (Phi) is 5.76. The van der Waals surface area contributed by atoms with E-state index in [1.54, 1.807) is 37.4 Å². The van der Waals surface area contributed by atoms with Crippen LogP contribution in [0.15, 0.2) is 67.0 Å². The second kappa shape index (κ2) is 8.40. The molecule has 1 amide bonds. The summed E-state index contributed by atoms with van der Waals surface area (Å²) in [5, 5.41) is 2.88. The largest absolute Gasteiger partial charge is 0.497 e. The van der Waals surface area contributed by atoms with Crippen LogP contribution in [-0.2, 0) is 4.79 Å². The molecular formula is C21H21FN2O3. The highest BCUT2D eigenvalue weighted by Crippen LogP contribution is 2.30. The van der Waals surface area contributed by atoms with Crippen molar-refractivity contribution < 1.29 is 18.7 Å². The quantitative estimate of drug-likeness (QED) is 0.678. The molecule has 2 aromatic carbocycles. The molecule has 1 heterocycles. The molecule has 0 aliphatic rings. The van der Waals surface area contributed by atoms with Crippen molar-refractivity contribution in [3.63, 3.8) is 0 Å². The lowest BCUT2D eigenvalue weighted by atomic mass is 10.0. The predicted molar refractivity (Wildman–Crippen MR) is 102 cm³/mol. The lowest BCUT2D eigenvalue weighted by Crippen LogP contribution is -2.20. The van der Waals surface area contributed by atoms with Gasteiger partial charge < -0.3 is 19.4 Å². The Hall–Kier alpha value is -3.28. The van der Waals surface area contributed by atoms with Gasteiger partial charge in [-0.05, 0) is 42.0 Å². The van der Waals surface area contributed by atoms with Crippen LogP contribution < -0.4 is 14.8 Å². The normalized spacial score (nSPS) is 11.7. The number of carbonyl (C=O) groups excluding carboxylic acids is 1. The third-order valence-corrected chi connectivity index (χ3v) is 4.30. The number of rotatable bonds is 7. The van der Waals surface area contributed by atoms with E-state index in [-0.39, 0.29) is 24.2 Å². The van der Waals surface area contributed by atoms with E-state index < -0.39 is 0 Å². The number of anilines is 1. The fourth-order valence-corrected chi connectivity index (χ4v) is 2.91. The average Bonchev–Trinajstić information content (AvgIpc) is 3.21. The van der Waals surface area contributed by atoms with E-state index in [1.807, 2.05) is 29.1 Å². The number of nitrogens with one attached hydrogen (secondary N) is 1. The molecule has 27 heavy (non-hydrogen) atoms. The van der Waals surface area contributed by atoms with Gasteiger partial charge in [0.15, 0.2) is 0 Å². The molecule has 0 aliphatic heterocycles. The maximum absolute atomic E-state index is 13.3. The standard InChI is InChI=1S/C21H21FN2O3/c1-26-17-9-10-18(20(13-17)27-2)23-21(25)14-19(24-11-3-4-12-24)15-5-7-16(22)8-6-15/h3-13,19H,14H2,1-2H3,(H,23,25)/t19-/m1/s1. The molecule has 0 saturated heterocycles. The monoisotopic (exact) mass is 368 g/mol. The summed E-state index contributed by atoms with van der Waals surface area (Å²) >= 11 is 0. The van der Waals surface area contributed by atoms with Gasteiger partial charge in [-0.3, -0.25) is 4.79 Å². The first kappa shape index (κ1) is 18.5. The number of hydrogen-bond donors (Lipinski definition) is 1. The van der Waals surface area contributed by atoms with E-state index in [1.165, 1.54) is 19.2 Å². The number of carbonyl (C=O) groups is 1. The van der Waals surface area contributed by atoms with Gasteiger partial charge in [0.2, 0.25) is 5.91 Å². The van der Waals surface area contributed by atoms with Crippen LogP contribution in [0.5, 0.6) is 11.5 Å². The first-order valence-corrected chi connectivity index (χ1v) is 8.50. The van der Waals surface area contributed by atoms with Crippen LogP contribution in [0.4, 0.5) is 10.1 Å². The Balaban J connectivity index is 1.80. The third kappa shape index (κ3) is 4.47. The number of benzene rings is 2. The van der Waals surface area contributed by atoms with E-state index in [0.717, 1.165) is 5.56 Å². The summed E-state index contributed by atoms with van der Waals surface area (Å²) in [7, 11) is 3.10. The number of ether oxygens (including phenoxy) is 2. The molecule has 1 N–H and O–H groups in total. The van der Waals surface area contributed by atoms with Crippen molar-refractivity contribution in [3.8, 4) is 11.5 Å². The Labute approximate surface area is 157 Å². The molecule has 0 unspecified atom stereocenters. The molecule has 0 bridgehead atoms. The molecule has 1 aromatic heterocycles. The second-order valence-electron chi connectivity index (χ2n) is 6.02. The van der Waals surface area contributed by atoms with Crippen molar-refractivity contribution in [1.82, 2.24) is 4.57 Å². The summed E-state index contributed by atoms with van der Waals surface area (Å²) in [6, 6.07) is 14.9. The van der Waals surface area contributed by atoms with Crippen LogP contribution >= 0.6 is 0 Å². The van der Waals surface area contributed by atoms with Gasteiger partial charge in [0.25, 0.3) is 0 Å². The number of aromatic nitrogens is 1. The minimum absolute atomic E-state index is 0.179. The van der Waals surface area contributed by atoms with Gasteiger partial charge in [-0.2, -0.15) is 0 Å². The number of halogens is 1. The van der Waals surface area contributed by atoms with Crippen LogP contribution in [0.1, 0.15) is 18.0 Å². The van der Waals surface area contributed by atoms with Gasteiger partial charge in [-0.25, -0.2) is 4.39 Å². The van der Waals surface area contributed by atoms with Gasteiger partial charge >= 0.3 is 0 Å². The van der Waals surface area contributed by atoms with Crippen LogP contribution in [0, 0.1) is 5.82 Å². The highest BCUT2D eigenvalue weighted by molar-refractivity contribution is 5.92. The van der Waals surface area contributed by atoms with Crippen LogP contribution in [0.2, 0.25) is 0 Å². The van der Waals surface area contributed by atoms with Crippen LogP contribution in [0.25, 0.3) is 0 Å². The van der Waals surface area contributed by atoms with Crippen LogP contribution in [-0.4, -0.2) is 24.7 Å². The van der Waals surface area contributed by atoms with Gasteiger partial charge in [0, 0.05) is 18.5 Å². The highest BCUT2D eigenvalue weighted by Gasteiger charge is 2.18. The fraction of sp³-hybridized carbons (Fsp3) is 0.190. The number of nitrogens with zero attached hydrogens (tertiary/aromatic N) is 1. The SMILES string of the molecule is COc1ccc(NC(=O)C[C@H](c2ccc(F)cc2)n2cccc2)c(OC)c1. The van der Waals surface area contributed by atoms with E-state index in [9.17, 15) is 9.18 Å². The van der Waals surface area contributed by atoms with Crippen molar-refractivity contribution in [1.29, 1.82) is 0 Å². The van der Waals surface area contributed by atoms with E-state index in [4.69, 9.17) is 9.47 Å². The van der Waals surface area contributed by atoms with E-state index in [0.29, 0.717) is 17.2 Å². The van der Waals surface area contributed by atoms with Gasteiger partial charge in [-0.1, -0.05) is 12.1 Å². The van der Waals surface area contributed by atoms with Crippen molar-refractivity contribution in [2.24, 2.45) is 0 Å².